The van der Waals surface area contributed by atoms with E-state index in [1.54, 1.807) is 0 Å². The van der Waals surface area contributed by atoms with Gasteiger partial charge in [0.25, 0.3) is 6.47 Å². The summed E-state index contributed by atoms with van der Waals surface area (Å²) < 4.78 is 4.56. The third-order valence-electron chi connectivity index (χ3n) is 10.7. The Hall–Kier alpha value is -1.14. The Morgan fingerprint density at radius 1 is 1.09 bits per heavy atom. The Kier molecular flexibility index (Phi) is 6.94. The molecule has 4 aliphatic rings. The number of nitrogens with one attached hydrogen (secondary N) is 1. The number of fused-ring (bicyclic) bond motifs is 5. The highest BCUT2D eigenvalue weighted by Gasteiger charge is 2.62. The topological polar surface area (TPSA) is 95.9 Å². The minimum atomic E-state index is -0.245. The number of aliphatic hydroxyl groups is 2. The van der Waals surface area contributed by atoms with Crippen LogP contribution < -0.4 is 5.32 Å². The van der Waals surface area contributed by atoms with Crippen molar-refractivity contribution in [2.45, 2.75) is 97.2 Å². The van der Waals surface area contributed by atoms with Crippen molar-refractivity contribution < 1.29 is 24.5 Å². The number of carbonyl (C=O) groups is 2. The maximum Gasteiger partial charge on any atom is 0.294 e. The van der Waals surface area contributed by atoms with E-state index in [0.717, 1.165) is 32.1 Å². The van der Waals surface area contributed by atoms with E-state index in [-0.39, 0.29) is 35.7 Å². The standard InChI is InChI=1S/C26H43NO5/c1-16(4-7-23(31)27-14-32-15-28)19-5-6-20-24-21(9-11-26(19,20)3)25(2)10-8-18(29)12-17(25)13-22(24)30/h15-22,24,29-30H,4-14H2,1-3H3,(H,27,31)/t16?,17-,18+,19+,20?,21?,22?,24?,25-,26+/m0/s1. The summed E-state index contributed by atoms with van der Waals surface area (Å²) in [5.41, 5.74) is 0.492. The van der Waals surface area contributed by atoms with E-state index in [4.69, 9.17) is 0 Å². The predicted molar refractivity (Wildman–Crippen MR) is 121 cm³/mol. The van der Waals surface area contributed by atoms with E-state index < -0.39 is 0 Å². The van der Waals surface area contributed by atoms with Crippen molar-refractivity contribution in [2.24, 2.45) is 46.3 Å². The van der Waals surface area contributed by atoms with E-state index in [9.17, 15) is 19.8 Å². The average Bonchev–Trinajstić information content (AvgIpc) is 3.11. The molecule has 6 heteroatoms. The molecule has 4 rings (SSSR count). The Morgan fingerprint density at radius 3 is 2.56 bits per heavy atom. The highest BCUT2D eigenvalue weighted by atomic mass is 16.5. The van der Waals surface area contributed by atoms with Crippen LogP contribution in [0.4, 0.5) is 0 Å². The van der Waals surface area contributed by atoms with E-state index >= 15 is 0 Å². The molecule has 0 aromatic heterocycles. The third-order valence-corrected chi connectivity index (χ3v) is 10.7. The number of ether oxygens (including phenoxy) is 1. The number of hydrogen-bond donors (Lipinski definition) is 3. The van der Waals surface area contributed by atoms with Crippen LogP contribution in [-0.4, -0.2) is 41.5 Å². The number of amides is 1. The fraction of sp³-hybridized carbons (Fsp3) is 0.923. The van der Waals surface area contributed by atoms with Crippen molar-refractivity contribution in [3.63, 3.8) is 0 Å². The summed E-state index contributed by atoms with van der Waals surface area (Å²) in [6, 6.07) is 0. The second-order valence-electron chi connectivity index (χ2n) is 12.0. The van der Waals surface area contributed by atoms with Gasteiger partial charge in [0.15, 0.2) is 6.73 Å². The number of aliphatic hydroxyl groups excluding tert-OH is 2. The van der Waals surface area contributed by atoms with Gasteiger partial charge in [0.2, 0.25) is 5.91 Å². The van der Waals surface area contributed by atoms with Gasteiger partial charge in [0.05, 0.1) is 12.2 Å². The van der Waals surface area contributed by atoms with Crippen molar-refractivity contribution in [3.05, 3.63) is 0 Å². The lowest BCUT2D eigenvalue weighted by Crippen LogP contribution is -2.58. The third kappa shape index (κ3) is 4.11. The monoisotopic (exact) mass is 449 g/mol. The van der Waals surface area contributed by atoms with E-state index in [0.29, 0.717) is 48.4 Å². The molecule has 4 saturated carbocycles. The Morgan fingerprint density at radius 2 is 1.81 bits per heavy atom. The van der Waals surface area contributed by atoms with Gasteiger partial charge >= 0.3 is 0 Å². The average molecular weight is 450 g/mol. The maximum absolute atomic E-state index is 12.1. The summed E-state index contributed by atoms with van der Waals surface area (Å²) >= 11 is 0. The van der Waals surface area contributed by atoms with Gasteiger partial charge in [-0.25, -0.2) is 0 Å². The molecule has 0 aliphatic heterocycles. The number of hydrogen-bond acceptors (Lipinski definition) is 5. The van der Waals surface area contributed by atoms with Gasteiger partial charge in [-0.3, -0.25) is 9.59 Å². The molecule has 0 saturated heterocycles. The van der Waals surface area contributed by atoms with Crippen molar-refractivity contribution >= 4 is 12.4 Å². The number of carbonyl (C=O) groups excluding carboxylic acids is 2. The van der Waals surface area contributed by atoms with Crippen LogP contribution in [0.25, 0.3) is 0 Å². The molecule has 5 unspecified atom stereocenters. The first-order valence-electron chi connectivity index (χ1n) is 12.9. The summed E-state index contributed by atoms with van der Waals surface area (Å²) in [6.07, 6.45) is 9.35. The largest absolute Gasteiger partial charge is 0.447 e. The fourth-order valence-electron chi connectivity index (χ4n) is 8.98. The summed E-state index contributed by atoms with van der Waals surface area (Å²) in [5.74, 6) is 2.92. The van der Waals surface area contributed by atoms with Crippen molar-refractivity contribution in [1.29, 1.82) is 0 Å². The van der Waals surface area contributed by atoms with Gasteiger partial charge in [-0.05, 0) is 104 Å². The second kappa shape index (κ2) is 9.25. The lowest BCUT2D eigenvalue weighted by Gasteiger charge is -2.62. The first kappa shape index (κ1) is 24.0. The van der Waals surface area contributed by atoms with Crippen molar-refractivity contribution in [2.75, 3.05) is 6.73 Å². The first-order chi connectivity index (χ1) is 15.2. The lowest BCUT2D eigenvalue weighted by atomic mass is 9.43. The van der Waals surface area contributed by atoms with Crippen molar-refractivity contribution in [1.82, 2.24) is 5.32 Å². The van der Waals surface area contributed by atoms with Gasteiger partial charge in [-0.2, -0.15) is 0 Å². The molecule has 182 valence electrons. The van der Waals surface area contributed by atoms with Crippen molar-refractivity contribution in [3.8, 4) is 0 Å². The molecule has 4 fully saturated rings. The molecule has 0 aromatic rings. The fourth-order valence-corrected chi connectivity index (χ4v) is 8.98. The molecule has 0 bridgehead atoms. The van der Waals surface area contributed by atoms with Gasteiger partial charge in [0, 0.05) is 6.42 Å². The van der Waals surface area contributed by atoms with Crippen LogP contribution in [0.2, 0.25) is 0 Å². The molecular formula is C26H43NO5. The minimum Gasteiger partial charge on any atom is -0.447 e. The van der Waals surface area contributed by atoms with Crippen LogP contribution in [0, 0.1) is 46.3 Å². The molecule has 0 aromatic carbocycles. The Labute approximate surface area is 192 Å². The molecule has 0 spiro atoms. The summed E-state index contributed by atoms with van der Waals surface area (Å²) in [5, 5.41) is 24.2. The minimum absolute atomic E-state index is 0.0579. The van der Waals surface area contributed by atoms with Gasteiger partial charge in [-0.1, -0.05) is 20.8 Å². The number of rotatable bonds is 7. The zero-order valence-electron chi connectivity index (χ0n) is 20.1. The van der Waals surface area contributed by atoms with E-state index in [1.165, 1.54) is 25.7 Å². The molecule has 3 N–H and O–H groups in total. The molecule has 1 amide bonds. The van der Waals surface area contributed by atoms with Gasteiger partial charge in [-0.15, -0.1) is 0 Å². The SMILES string of the molecule is CC(CCC(=O)NCOC=O)[C@H]1CCC2C3C(O)C[C@@H]4C[C@H](O)CC[C@]4(C)C3CC[C@@]21C. The second-order valence-corrected chi connectivity index (χ2v) is 12.0. The zero-order valence-corrected chi connectivity index (χ0v) is 20.1. The molecular weight excluding hydrogens is 406 g/mol. The van der Waals surface area contributed by atoms with Gasteiger partial charge < -0.3 is 20.3 Å². The molecule has 0 heterocycles. The van der Waals surface area contributed by atoms with Crippen LogP contribution in [0.3, 0.4) is 0 Å². The van der Waals surface area contributed by atoms with Crippen LogP contribution in [0.5, 0.6) is 0 Å². The van der Waals surface area contributed by atoms with Crippen LogP contribution in [0.1, 0.15) is 85.0 Å². The molecule has 0 radical (unpaired) electrons. The quantitative estimate of drug-likeness (QED) is 0.313. The van der Waals surface area contributed by atoms with E-state index in [1.807, 2.05) is 0 Å². The van der Waals surface area contributed by atoms with E-state index in [2.05, 4.69) is 30.8 Å². The van der Waals surface area contributed by atoms with Crippen LogP contribution in [0.15, 0.2) is 0 Å². The smallest absolute Gasteiger partial charge is 0.294 e. The first-order valence-corrected chi connectivity index (χ1v) is 12.9. The summed E-state index contributed by atoms with van der Waals surface area (Å²) in [7, 11) is 0. The maximum atomic E-state index is 12.1. The van der Waals surface area contributed by atoms with Crippen LogP contribution >= 0.6 is 0 Å². The van der Waals surface area contributed by atoms with Crippen LogP contribution in [-0.2, 0) is 14.3 Å². The normalized spacial score (nSPS) is 46.3. The Balaban J connectivity index is 1.43. The molecule has 10 atom stereocenters. The summed E-state index contributed by atoms with van der Waals surface area (Å²) in [6.45, 7) is 7.49. The molecule has 32 heavy (non-hydrogen) atoms. The Bertz CT molecular complexity index is 700. The zero-order chi connectivity index (χ0) is 23.1. The summed E-state index contributed by atoms with van der Waals surface area (Å²) in [4.78, 5) is 22.3. The highest BCUT2D eigenvalue weighted by Crippen LogP contribution is 2.68. The van der Waals surface area contributed by atoms with Gasteiger partial charge in [0.1, 0.15) is 0 Å². The lowest BCUT2D eigenvalue weighted by molar-refractivity contribution is -0.174. The predicted octanol–water partition coefficient (Wildman–Crippen LogP) is 3.64. The molecule has 6 nitrogen and oxygen atoms in total. The highest BCUT2D eigenvalue weighted by molar-refractivity contribution is 5.75. The molecule has 4 aliphatic carbocycles.